The first-order chi connectivity index (χ1) is 13.6. The first-order valence-corrected chi connectivity index (χ1v) is 10.1. The number of nitrogens with zero attached hydrogens (tertiary/aromatic N) is 2. The number of nitrogens with one attached hydrogen (secondary N) is 1. The van der Waals surface area contributed by atoms with Crippen LogP contribution in [0.4, 0.5) is 5.69 Å². The van der Waals surface area contributed by atoms with E-state index in [0.29, 0.717) is 6.42 Å². The standard InChI is InChI=1S/C23H25N3O2/c27-21-13-23(16-24-21)8-10-25(11-9-23)22(28)17-6-3-7-20(12-17)26-14-18-4-1-2-5-19(18)15-26/h1-7,12H,8-11,13-16H2,(H,24,27). The minimum Gasteiger partial charge on any atom is -0.363 e. The molecule has 0 saturated carbocycles. The highest BCUT2D eigenvalue weighted by Crippen LogP contribution is 2.38. The minimum atomic E-state index is 0.0665. The van der Waals surface area contributed by atoms with E-state index in [-0.39, 0.29) is 17.2 Å². The second-order valence-corrected chi connectivity index (χ2v) is 8.42. The van der Waals surface area contributed by atoms with E-state index in [1.807, 2.05) is 23.1 Å². The van der Waals surface area contributed by atoms with Crippen LogP contribution < -0.4 is 10.2 Å². The Bertz CT molecular complexity index is 906. The summed E-state index contributed by atoms with van der Waals surface area (Å²) in [5.74, 6) is 0.254. The van der Waals surface area contributed by atoms with Crippen LogP contribution in [0, 0.1) is 5.41 Å². The van der Waals surface area contributed by atoms with Gasteiger partial charge in [0.25, 0.3) is 5.91 Å². The lowest BCUT2D eigenvalue weighted by atomic mass is 9.77. The number of piperidine rings is 1. The van der Waals surface area contributed by atoms with Crippen molar-refractivity contribution in [1.82, 2.24) is 10.2 Å². The van der Waals surface area contributed by atoms with Crippen LogP contribution in [0.5, 0.6) is 0 Å². The maximum absolute atomic E-state index is 13.1. The topological polar surface area (TPSA) is 52.7 Å². The molecule has 2 aromatic rings. The Morgan fingerprint density at radius 3 is 2.32 bits per heavy atom. The van der Waals surface area contributed by atoms with Gasteiger partial charge in [0, 0.05) is 50.4 Å². The third-order valence-electron chi connectivity index (χ3n) is 6.61. The van der Waals surface area contributed by atoms with Gasteiger partial charge in [-0.1, -0.05) is 30.3 Å². The Kier molecular flexibility index (Phi) is 4.11. The molecule has 0 unspecified atom stereocenters. The average molecular weight is 375 g/mol. The van der Waals surface area contributed by atoms with Crippen molar-refractivity contribution in [2.24, 2.45) is 5.41 Å². The molecule has 0 radical (unpaired) electrons. The summed E-state index contributed by atoms with van der Waals surface area (Å²) in [7, 11) is 0. The second kappa shape index (κ2) is 6.66. The number of carbonyl (C=O) groups is 2. The summed E-state index contributed by atoms with van der Waals surface area (Å²) in [5, 5.41) is 2.95. The third-order valence-corrected chi connectivity index (χ3v) is 6.61. The molecule has 1 spiro atoms. The number of amides is 2. The molecule has 5 nitrogen and oxygen atoms in total. The predicted molar refractivity (Wildman–Crippen MR) is 108 cm³/mol. The molecule has 0 aromatic heterocycles. The largest absolute Gasteiger partial charge is 0.363 e. The second-order valence-electron chi connectivity index (χ2n) is 8.42. The molecule has 0 bridgehead atoms. The highest BCUT2D eigenvalue weighted by Gasteiger charge is 2.41. The van der Waals surface area contributed by atoms with Gasteiger partial charge in [-0.05, 0) is 47.6 Å². The lowest BCUT2D eigenvalue weighted by molar-refractivity contribution is -0.119. The van der Waals surface area contributed by atoms with Gasteiger partial charge in [-0.15, -0.1) is 0 Å². The number of anilines is 1. The third kappa shape index (κ3) is 3.05. The van der Waals surface area contributed by atoms with Gasteiger partial charge in [0.05, 0.1) is 0 Å². The number of fused-ring (bicyclic) bond motifs is 1. The fourth-order valence-electron chi connectivity index (χ4n) is 4.82. The van der Waals surface area contributed by atoms with Crippen molar-refractivity contribution < 1.29 is 9.59 Å². The fourth-order valence-corrected chi connectivity index (χ4v) is 4.82. The minimum absolute atomic E-state index is 0.0665. The Morgan fingerprint density at radius 2 is 1.68 bits per heavy atom. The summed E-state index contributed by atoms with van der Waals surface area (Å²) in [5.41, 5.74) is 4.64. The zero-order valence-electron chi connectivity index (χ0n) is 16.0. The monoisotopic (exact) mass is 375 g/mol. The molecule has 2 amide bonds. The van der Waals surface area contributed by atoms with Crippen LogP contribution in [0.3, 0.4) is 0 Å². The summed E-state index contributed by atoms with van der Waals surface area (Å²) >= 11 is 0. The lowest BCUT2D eigenvalue weighted by Gasteiger charge is -2.38. The number of carbonyl (C=O) groups excluding carboxylic acids is 2. The first kappa shape index (κ1) is 17.3. The number of likely N-dealkylation sites (tertiary alicyclic amines) is 1. The molecule has 3 heterocycles. The highest BCUT2D eigenvalue weighted by molar-refractivity contribution is 5.95. The number of benzene rings is 2. The van der Waals surface area contributed by atoms with Gasteiger partial charge in [-0.25, -0.2) is 0 Å². The molecule has 144 valence electrons. The fraction of sp³-hybridized carbons (Fsp3) is 0.391. The average Bonchev–Trinajstić information content (AvgIpc) is 3.32. The molecule has 0 aliphatic carbocycles. The van der Waals surface area contributed by atoms with E-state index in [9.17, 15) is 9.59 Å². The summed E-state index contributed by atoms with van der Waals surface area (Å²) in [6.45, 7) is 4.00. The van der Waals surface area contributed by atoms with Crippen molar-refractivity contribution in [3.63, 3.8) is 0 Å². The van der Waals surface area contributed by atoms with E-state index in [1.165, 1.54) is 11.1 Å². The Hall–Kier alpha value is -2.82. The summed E-state index contributed by atoms with van der Waals surface area (Å²) < 4.78 is 0. The van der Waals surface area contributed by atoms with E-state index in [4.69, 9.17) is 0 Å². The maximum atomic E-state index is 13.1. The van der Waals surface area contributed by atoms with Crippen molar-refractivity contribution in [2.45, 2.75) is 32.4 Å². The molecule has 3 aliphatic heterocycles. The normalized spacial score (nSPS) is 20.4. The van der Waals surface area contributed by atoms with Crippen LogP contribution in [-0.4, -0.2) is 36.3 Å². The van der Waals surface area contributed by atoms with Crippen LogP contribution in [0.2, 0.25) is 0 Å². The van der Waals surface area contributed by atoms with Gasteiger partial charge in [0.15, 0.2) is 0 Å². The molecule has 5 rings (SSSR count). The van der Waals surface area contributed by atoms with Gasteiger partial charge in [0.2, 0.25) is 5.91 Å². The number of hydrogen-bond acceptors (Lipinski definition) is 3. The summed E-state index contributed by atoms with van der Waals surface area (Å²) in [4.78, 5) is 29.0. The van der Waals surface area contributed by atoms with Crippen LogP contribution in [-0.2, 0) is 17.9 Å². The Morgan fingerprint density at radius 1 is 0.964 bits per heavy atom. The van der Waals surface area contributed by atoms with Crippen molar-refractivity contribution in [3.8, 4) is 0 Å². The van der Waals surface area contributed by atoms with Crippen LogP contribution >= 0.6 is 0 Å². The van der Waals surface area contributed by atoms with Gasteiger partial charge in [0.1, 0.15) is 0 Å². The van der Waals surface area contributed by atoms with E-state index < -0.39 is 0 Å². The van der Waals surface area contributed by atoms with Crippen molar-refractivity contribution >= 4 is 17.5 Å². The summed E-state index contributed by atoms with van der Waals surface area (Å²) in [6.07, 6.45) is 2.41. The number of rotatable bonds is 2. The van der Waals surface area contributed by atoms with Gasteiger partial charge in [-0.3, -0.25) is 9.59 Å². The smallest absolute Gasteiger partial charge is 0.253 e. The zero-order chi connectivity index (χ0) is 19.1. The highest BCUT2D eigenvalue weighted by atomic mass is 16.2. The molecule has 28 heavy (non-hydrogen) atoms. The molecule has 0 atom stereocenters. The van der Waals surface area contributed by atoms with Crippen molar-refractivity contribution in [1.29, 1.82) is 0 Å². The molecular formula is C23H25N3O2. The van der Waals surface area contributed by atoms with E-state index in [2.05, 4.69) is 40.5 Å². The SMILES string of the molecule is O=C1CC2(CCN(C(=O)c3cccc(N4Cc5ccccc5C4)c3)CC2)CN1. The van der Waals surface area contributed by atoms with Crippen LogP contribution in [0.1, 0.15) is 40.7 Å². The predicted octanol–water partition coefficient (Wildman–Crippen LogP) is 2.95. The van der Waals surface area contributed by atoms with Gasteiger partial charge < -0.3 is 15.1 Å². The van der Waals surface area contributed by atoms with Gasteiger partial charge >= 0.3 is 0 Å². The Balaban J connectivity index is 1.28. The zero-order valence-corrected chi connectivity index (χ0v) is 16.0. The van der Waals surface area contributed by atoms with Crippen LogP contribution in [0.15, 0.2) is 48.5 Å². The Labute approximate surface area is 165 Å². The van der Waals surface area contributed by atoms with Crippen molar-refractivity contribution in [2.75, 3.05) is 24.5 Å². The van der Waals surface area contributed by atoms with Crippen molar-refractivity contribution in [3.05, 3.63) is 65.2 Å². The van der Waals surface area contributed by atoms with Crippen LogP contribution in [0.25, 0.3) is 0 Å². The van der Waals surface area contributed by atoms with E-state index >= 15 is 0 Å². The molecule has 1 N–H and O–H groups in total. The molecule has 2 fully saturated rings. The van der Waals surface area contributed by atoms with E-state index in [1.54, 1.807) is 0 Å². The molecular weight excluding hydrogens is 350 g/mol. The lowest BCUT2D eigenvalue weighted by Crippen LogP contribution is -2.44. The first-order valence-electron chi connectivity index (χ1n) is 10.1. The summed E-state index contributed by atoms with van der Waals surface area (Å²) in [6, 6.07) is 16.5. The molecule has 2 saturated heterocycles. The number of hydrogen-bond donors (Lipinski definition) is 1. The maximum Gasteiger partial charge on any atom is 0.253 e. The molecule has 2 aromatic carbocycles. The van der Waals surface area contributed by atoms with E-state index in [0.717, 1.165) is 56.8 Å². The molecule has 3 aliphatic rings. The molecule has 5 heteroatoms. The van der Waals surface area contributed by atoms with Gasteiger partial charge in [-0.2, -0.15) is 0 Å². The quantitative estimate of drug-likeness (QED) is 0.878.